The fourth-order valence-corrected chi connectivity index (χ4v) is 6.61. The summed E-state index contributed by atoms with van der Waals surface area (Å²) in [4.78, 5) is 47.5. The van der Waals surface area contributed by atoms with Crippen molar-refractivity contribution in [2.24, 2.45) is 4.99 Å². The summed E-state index contributed by atoms with van der Waals surface area (Å²) < 4.78 is 14.5. The van der Waals surface area contributed by atoms with E-state index >= 15 is 0 Å². The normalized spacial score (nSPS) is 17.9. The molecule has 1 atom stereocenters. The van der Waals surface area contributed by atoms with Gasteiger partial charge in [0.2, 0.25) is 0 Å². The third-order valence-electron chi connectivity index (χ3n) is 6.38. The second-order valence-electron chi connectivity index (χ2n) is 9.14. The lowest BCUT2D eigenvalue weighted by molar-refractivity contribution is -0.143. The first kappa shape index (κ1) is 26.6. The van der Waals surface area contributed by atoms with E-state index in [-0.39, 0.29) is 22.1 Å². The van der Waals surface area contributed by atoms with Gasteiger partial charge in [0, 0.05) is 27.1 Å². The summed E-state index contributed by atoms with van der Waals surface area (Å²) in [5.74, 6) is -0.362. The molecule has 2 aromatic carbocycles. The van der Waals surface area contributed by atoms with Crippen LogP contribution in [0.3, 0.4) is 0 Å². The number of aromatic nitrogens is 1. The summed E-state index contributed by atoms with van der Waals surface area (Å²) >= 11 is 8.11. The van der Waals surface area contributed by atoms with Crippen LogP contribution >= 0.6 is 43.2 Å². The number of anilines is 1. The van der Waals surface area contributed by atoms with Gasteiger partial charge in [0.25, 0.3) is 11.5 Å². The highest BCUT2D eigenvalue weighted by Gasteiger charge is 2.38. The van der Waals surface area contributed by atoms with Crippen molar-refractivity contribution < 1.29 is 19.1 Å². The average Bonchev–Trinajstić information content (AvgIpc) is 3.29. The van der Waals surface area contributed by atoms with Crippen LogP contribution in [0.2, 0.25) is 0 Å². The van der Waals surface area contributed by atoms with Gasteiger partial charge < -0.3 is 14.4 Å². The predicted molar refractivity (Wildman–Crippen MR) is 152 cm³/mol. The Labute approximate surface area is 239 Å². The quantitative estimate of drug-likeness (QED) is 0.394. The maximum Gasteiger partial charge on any atom is 0.338 e. The number of amides is 1. The lowest BCUT2D eigenvalue weighted by Gasteiger charge is -2.26. The topological polar surface area (TPSA) is 90.2 Å². The van der Waals surface area contributed by atoms with Crippen molar-refractivity contribution in [2.75, 3.05) is 19.1 Å². The van der Waals surface area contributed by atoms with Crippen molar-refractivity contribution in [3.05, 3.63) is 87.4 Å². The summed E-state index contributed by atoms with van der Waals surface area (Å²) in [7, 11) is 3.21. The van der Waals surface area contributed by atoms with E-state index < -0.39 is 17.6 Å². The number of carbonyl (C=O) groups is 2. The van der Waals surface area contributed by atoms with E-state index in [1.807, 2.05) is 30.3 Å². The number of carbonyl (C=O) groups excluding carboxylic acids is 2. The van der Waals surface area contributed by atoms with Crippen LogP contribution < -0.4 is 24.5 Å². The van der Waals surface area contributed by atoms with Crippen molar-refractivity contribution in [3.8, 4) is 5.75 Å². The molecule has 8 nitrogen and oxygen atoms in total. The number of likely N-dealkylation sites (N-methyl/N-ethyl adjacent to an activating group) is 1. The number of methoxy groups -OCH3 is 1. The molecule has 0 unspecified atom stereocenters. The third-order valence-corrected chi connectivity index (χ3v) is 8.42. The first-order chi connectivity index (χ1) is 18.0. The monoisotopic (exact) mass is 659 g/mol. The molecule has 0 radical (unpaired) electrons. The Morgan fingerprint density at radius 2 is 1.79 bits per heavy atom. The van der Waals surface area contributed by atoms with Gasteiger partial charge in [-0.3, -0.25) is 14.2 Å². The standard InChI is InChI=1S/C27H23Br2N3O5S/c1-12(2)37-26(35)20-13(3)30-27-32(22(20)17-11-15(29)7-9-19(17)36-5)25(34)23(38-27)21-16-10-14(28)6-8-18(16)31(4)24(21)33/h6-12,22H,1-5H3/b23-21+/t22-/m0/s1. The van der Waals surface area contributed by atoms with Crippen molar-refractivity contribution in [1.82, 2.24) is 4.57 Å². The first-order valence-corrected chi connectivity index (χ1v) is 14.1. The van der Waals surface area contributed by atoms with Gasteiger partial charge in [-0.15, -0.1) is 0 Å². The molecule has 2 aliphatic heterocycles. The number of halogens is 2. The Balaban J connectivity index is 1.87. The molecule has 1 aromatic heterocycles. The van der Waals surface area contributed by atoms with Gasteiger partial charge in [0.1, 0.15) is 16.3 Å². The van der Waals surface area contributed by atoms with Crippen molar-refractivity contribution in [2.45, 2.75) is 32.9 Å². The molecule has 38 heavy (non-hydrogen) atoms. The summed E-state index contributed by atoms with van der Waals surface area (Å²) in [5, 5.41) is 0. The summed E-state index contributed by atoms with van der Waals surface area (Å²) in [6.07, 6.45) is -0.374. The first-order valence-electron chi connectivity index (χ1n) is 11.7. The molecule has 0 saturated carbocycles. The zero-order valence-corrected chi connectivity index (χ0v) is 25.2. The van der Waals surface area contributed by atoms with Crippen LogP contribution in [0.5, 0.6) is 5.75 Å². The minimum Gasteiger partial charge on any atom is -0.496 e. The van der Waals surface area contributed by atoms with Crippen LogP contribution in [0.15, 0.2) is 66.4 Å². The van der Waals surface area contributed by atoms with Gasteiger partial charge in [0.05, 0.1) is 35.7 Å². The lowest BCUT2D eigenvalue weighted by Crippen LogP contribution is -2.41. The molecule has 0 spiro atoms. The average molecular weight is 661 g/mol. The molecule has 11 heteroatoms. The van der Waals surface area contributed by atoms with Gasteiger partial charge in [0.15, 0.2) is 4.80 Å². The number of allylic oxidation sites excluding steroid dienone is 1. The lowest BCUT2D eigenvalue weighted by atomic mass is 9.95. The predicted octanol–water partition coefficient (Wildman–Crippen LogP) is 4.07. The van der Waals surface area contributed by atoms with Gasteiger partial charge in [-0.25, -0.2) is 9.79 Å². The summed E-state index contributed by atoms with van der Waals surface area (Å²) in [6.45, 7) is 5.24. The smallest absolute Gasteiger partial charge is 0.338 e. The van der Waals surface area contributed by atoms with E-state index in [1.165, 1.54) is 16.6 Å². The second kappa shape index (κ2) is 9.94. The van der Waals surface area contributed by atoms with Crippen LogP contribution in [0.1, 0.15) is 37.9 Å². The number of nitrogens with zero attached hydrogens (tertiary/aromatic N) is 3. The van der Waals surface area contributed by atoms with Crippen molar-refractivity contribution in [1.29, 1.82) is 0 Å². The van der Waals surface area contributed by atoms with Gasteiger partial charge in [-0.1, -0.05) is 43.2 Å². The third kappa shape index (κ3) is 4.26. The SMILES string of the molecule is COc1ccc(Br)cc1[C@H]1C(C(=O)OC(C)C)=C(C)N=c2s/c(=C3/C(=O)N(C)c4ccc(Br)cc43)c(=O)n21. The molecular formula is C27H23Br2N3O5S. The minimum atomic E-state index is -0.879. The number of thiazole rings is 1. The molecule has 3 aromatic rings. The van der Waals surface area contributed by atoms with Crippen LogP contribution in [-0.4, -0.2) is 36.7 Å². The Bertz CT molecular complexity index is 1740. The van der Waals surface area contributed by atoms with E-state index in [9.17, 15) is 14.4 Å². The van der Waals surface area contributed by atoms with Crippen LogP contribution in [0.25, 0.3) is 5.57 Å². The molecule has 0 N–H and O–H groups in total. The molecule has 0 fully saturated rings. The van der Waals surface area contributed by atoms with Crippen molar-refractivity contribution in [3.63, 3.8) is 0 Å². The highest BCUT2D eigenvalue weighted by molar-refractivity contribution is 9.10. The van der Waals surface area contributed by atoms with E-state index in [0.717, 1.165) is 20.3 Å². The number of ether oxygens (including phenoxy) is 2. The molecule has 3 heterocycles. The maximum atomic E-state index is 14.2. The molecule has 196 valence electrons. The van der Waals surface area contributed by atoms with Gasteiger partial charge in [-0.05, 0) is 57.2 Å². The fourth-order valence-electron chi connectivity index (χ4n) is 4.74. The zero-order valence-electron chi connectivity index (χ0n) is 21.2. The summed E-state index contributed by atoms with van der Waals surface area (Å²) in [6, 6.07) is 10.0. The molecule has 0 aliphatic carbocycles. The van der Waals surface area contributed by atoms with Gasteiger partial charge >= 0.3 is 5.97 Å². The van der Waals surface area contributed by atoms with Gasteiger partial charge in [-0.2, -0.15) is 0 Å². The zero-order chi connectivity index (χ0) is 27.5. The van der Waals surface area contributed by atoms with Crippen molar-refractivity contribution >= 4 is 66.3 Å². The number of esters is 1. The molecular weight excluding hydrogens is 638 g/mol. The number of fused-ring (bicyclic) bond motifs is 2. The Morgan fingerprint density at radius 1 is 1.11 bits per heavy atom. The second-order valence-corrected chi connectivity index (χ2v) is 12.0. The van der Waals surface area contributed by atoms with E-state index in [2.05, 4.69) is 36.9 Å². The minimum absolute atomic E-state index is 0.233. The Morgan fingerprint density at radius 3 is 2.47 bits per heavy atom. The highest BCUT2D eigenvalue weighted by atomic mass is 79.9. The number of benzene rings is 2. The molecule has 1 amide bonds. The van der Waals surface area contributed by atoms with E-state index in [1.54, 1.807) is 33.9 Å². The molecule has 0 bridgehead atoms. The van der Waals surface area contributed by atoms with Crippen LogP contribution in [0, 0.1) is 0 Å². The molecule has 0 saturated heterocycles. The number of hydrogen-bond acceptors (Lipinski definition) is 7. The largest absolute Gasteiger partial charge is 0.496 e. The van der Waals surface area contributed by atoms with Crippen LogP contribution in [-0.2, 0) is 14.3 Å². The fraction of sp³-hybridized carbons (Fsp3) is 0.259. The Hall–Kier alpha value is -3.02. The maximum absolute atomic E-state index is 14.2. The highest BCUT2D eigenvalue weighted by Crippen LogP contribution is 2.39. The molecule has 2 aliphatic rings. The Kier molecular flexibility index (Phi) is 6.95. The molecule has 5 rings (SSSR count). The number of hydrogen-bond donors (Lipinski definition) is 0. The van der Waals surface area contributed by atoms with Crippen LogP contribution in [0.4, 0.5) is 5.69 Å². The van der Waals surface area contributed by atoms with E-state index in [4.69, 9.17) is 9.47 Å². The number of rotatable bonds is 4. The van der Waals surface area contributed by atoms with E-state index in [0.29, 0.717) is 38.6 Å². The summed E-state index contributed by atoms with van der Waals surface area (Å²) in [5.41, 5.74) is 2.50.